The molecule has 0 aliphatic heterocycles. The first-order valence-electron chi connectivity index (χ1n) is 9.37. The number of benzene rings is 2. The maximum Gasteiger partial charge on any atom is 0.187 e. The van der Waals surface area contributed by atoms with Crippen molar-refractivity contribution in [3.63, 3.8) is 0 Å². The van der Waals surface area contributed by atoms with Gasteiger partial charge in [-0.15, -0.1) is 0 Å². The van der Waals surface area contributed by atoms with Crippen LogP contribution < -0.4 is 0 Å². The Balaban J connectivity index is 1.72. The van der Waals surface area contributed by atoms with E-state index in [-0.39, 0.29) is 23.1 Å². The molecule has 4 heteroatoms. The Morgan fingerprint density at radius 3 is 0.821 bits per heavy atom. The van der Waals surface area contributed by atoms with Crippen LogP contribution in [-0.4, -0.2) is 23.1 Å². The van der Waals surface area contributed by atoms with Crippen molar-refractivity contribution in [1.29, 1.82) is 0 Å². The summed E-state index contributed by atoms with van der Waals surface area (Å²) < 4.78 is 0. The van der Waals surface area contributed by atoms with Crippen LogP contribution in [0.1, 0.15) is 63.7 Å². The molecule has 2 aromatic carbocycles. The third kappa shape index (κ3) is 2.38. The van der Waals surface area contributed by atoms with Crippen molar-refractivity contribution in [2.45, 2.75) is 25.7 Å². The van der Waals surface area contributed by atoms with Gasteiger partial charge in [0.2, 0.25) is 0 Å². The van der Waals surface area contributed by atoms with E-state index in [0.29, 0.717) is 47.9 Å². The fourth-order valence-corrected chi connectivity index (χ4v) is 4.51. The second-order valence-electron chi connectivity index (χ2n) is 7.39. The van der Waals surface area contributed by atoms with E-state index in [1.54, 1.807) is 0 Å². The Bertz CT molecular complexity index is 994. The van der Waals surface area contributed by atoms with Crippen molar-refractivity contribution in [1.82, 2.24) is 0 Å². The van der Waals surface area contributed by atoms with Gasteiger partial charge >= 0.3 is 0 Å². The number of allylic oxidation sites excluding steroid dienone is 4. The first kappa shape index (κ1) is 16.8. The van der Waals surface area contributed by atoms with Crippen molar-refractivity contribution in [2.24, 2.45) is 0 Å². The highest BCUT2D eigenvalue weighted by molar-refractivity contribution is 6.24. The SMILES string of the molecule is O=C1C=CC(=O)c2c3ccc(c21)CCc1ccc(c2c1C(=O)C=CC2=O)CC3. The van der Waals surface area contributed by atoms with E-state index in [0.717, 1.165) is 22.3 Å². The smallest absolute Gasteiger partial charge is 0.187 e. The van der Waals surface area contributed by atoms with Crippen LogP contribution in [0.3, 0.4) is 0 Å². The Labute approximate surface area is 161 Å². The molecule has 0 saturated carbocycles. The number of aryl methyl sites for hydroxylation is 4. The van der Waals surface area contributed by atoms with Crippen LogP contribution in [0, 0.1) is 0 Å². The molecule has 0 fully saturated rings. The average Bonchev–Trinajstić information content (AvgIpc) is 2.68. The maximum absolute atomic E-state index is 12.6. The highest BCUT2D eigenvalue weighted by atomic mass is 16.1. The van der Waals surface area contributed by atoms with Crippen LogP contribution in [0.2, 0.25) is 0 Å². The summed E-state index contributed by atoms with van der Waals surface area (Å²) in [6.45, 7) is 0. The zero-order valence-corrected chi connectivity index (χ0v) is 15.1. The van der Waals surface area contributed by atoms with E-state index >= 15 is 0 Å². The van der Waals surface area contributed by atoms with Gasteiger partial charge in [0.15, 0.2) is 23.1 Å². The van der Waals surface area contributed by atoms with Gasteiger partial charge in [0, 0.05) is 22.3 Å². The Morgan fingerprint density at radius 1 is 0.393 bits per heavy atom. The lowest BCUT2D eigenvalue weighted by Crippen LogP contribution is -2.21. The minimum atomic E-state index is -0.145. The van der Waals surface area contributed by atoms with E-state index in [4.69, 9.17) is 0 Å². The van der Waals surface area contributed by atoms with E-state index in [9.17, 15) is 19.2 Å². The van der Waals surface area contributed by atoms with Gasteiger partial charge in [0.1, 0.15) is 0 Å². The molecule has 4 aliphatic carbocycles. The molecule has 0 atom stereocenters. The molecule has 6 rings (SSSR count). The first-order valence-corrected chi connectivity index (χ1v) is 9.37. The summed E-state index contributed by atoms with van der Waals surface area (Å²) in [5.74, 6) is -0.579. The normalized spacial score (nSPS) is 17.4. The minimum Gasteiger partial charge on any atom is -0.289 e. The molecule has 0 heterocycles. The zero-order valence-electron chi connectivity index (χ0n) is 15.1. The van der Waals surface area contributed by atoms with Crippen LogP contribution in [0.5, 0.6) is 0 Å². The van der Waals surface area contributed by atoms with Crippen molar-refractivity contribution in [2.75, 3.05) is 0 Å². The molecule has 2 aromatic rings. The summed E-state index contributed by atoms with van der Waals surface area (Å²) >= 11 is 0. The molecule has 0 aromatic heterocycles. The van der Waals surface area contributed by atoms with Crippen molar-refractivity contribution in [3.05, 3.63) is 93.1 Å². The van der Waals surface area contributed by atoms with Gasteiger partial charge in [0.25, 0.3) is 0 Å². The average molecular weight is 368 g/mol. The monoisotopic (exact) mass is 368 g/mol. The van der Waals surface area contributed by atoms with E-state index < -0.39 is 0 Å². The second kappa shape index (κ2) is 6.06. The van der Waals surface area contributed by atoms with Gasteiger partial charge < -0.3 is 0 Å². The van der Waals surface area contributed by atoms with Crippen molar-refractivity contribution >= 4 is 23.1 Å². The second-order valence-corrected chi connectivity index (χ2v) is 7.39. The molecule has 136 valence electrons. The number of ketones is 4. The van der Waals surface area contributed by atoms with Crippen molar-refractivity contribution in [3.8, 4) is 0 Å². The minimum absolute atomic E-state index is 0.145. The Kier molecular flexibility index (Phi) is 3.63. The number of rotatable bonds is 0. The Morgan fingerprint density at radius 2 is 0.607 bits per heavy atom. The van der Waals surface area contributed by atoms with E-state index in [1.165, 1.54) is 24.3 Å². The number of hydrogen-bond donors (Lipinski definition) is 0. The van der Waals surface area contributed by atoms with Gasteiger partial charge in [-0.2, -0.15) is 0 Å². The lowest BCUT2D eigenvalue weighted by Gasteiger charge is -2.22. The van der Waals surface area contributed by atoms with Gasteiger partial charge in [0.05, 0.1) is 0 Å². The van der Waals surface area contributed by atoms with Gasteiger partial charge in [-0.3, -0.25) is 19.2 Å². The van der Waals surface area contributed by atoms with Crippen molar-refractivity contribution < 1.29 is 19.2 Å². The zero-order chi connectivity index (χ0) is 19.4. The number of carbonyl (C=O) groups is 4. The molecule has 4 bridgehead atoms. The van der Waals surface area contributed by atoms with Gasteiger partial charge in [-0.05, 0) is 72.2 Å². The fraction of sp³-hybridized carbons (Fsp3) is 0.167. The highest BCUT2D eigenvalue weighted by Gasteiger charge is 2.29. The molecule has 0 radical (unpaired) electrons. The molecule has 4 aliphatic rings. The topological polar surface area (TPSA) is 68.3 Å². The van der Waals surface area contributed by atoms with Crippen LogP contribution in [0.4, 0.5) is 0 Å². The largest absolute Gasteiger partial charge is 0.289 e. The third-order valence-corrected chi connectivity index (χ3v) is 5.84. The van der Waals surface area contributed by atoms with Gasteiger partial charge in [-0.1, -0.05) is 24.3 Å². The molecule has 28 heavy (non-hydrogen) atoms. The number of carbonyl (C=O) groups excluding carboxylic acids is 4. The van der Waals surface area contributed by atoms with Crippen LogP contribution in [0.25, 0.3) is 0 Å². The molecule has 0 N–H and O–H groups in total. The lowest BCUT2D eigenvalue weighted by molar-refractivity contribution is 0.0991. The Hall–Kier alpha value is -3.40. The molecule has 0 saturated heterocycles. The summed E-state index contributed by atoms with van der Waals surface area (Å²) in [6, 6.07) is 7.69. The predicted octanol–water partition coefficient (Wildman–Crippen LogP) is 3.44. The summed E-state index contributed by atoms with van der Waals surface area (Å²) in [5, 5.41) is 0. The summed E-state index contributed by atoms with van der Waals surface area (Å²) in [7, 11) is 0. The molecule has 4 nitrogen and oxygen atoms in total. The van der Waals surface area contributed by atoms with E-state index in [1.807, 2.05) is 24.3 Å². The molecular formula is C24H16O4. The fourth-order valence-electron chi connectivity index (χ4n) is 4.51. The van der Waals surface area contributed by atoms with Crippen LogP contribution in [0.15, 0.2) is 48.6 Å². The number of fused-ring (bicyclic) bond motifs is 4. The predicted molar refractivity (Wildman–Crippen MR) is 103 cm³/mol. The van der Waals surface area contributed by atoms with E-state index in [2.05, 4.69) is 0 Å². The third-order valence-electron chi connectivity index (χ3n) is 5.84. The van der Waals surface area contributed by atoms with Gasteiger partial charge in [-0.25, -0.2) is 0 Å². The molecular weight excluding hydrogens is 352 g/mol. The van der Waals surface area contributed by atoms with Crippen LogP contribution >= 0.6 is 0 Å². The van der Waals surface area contributed by atoms with Crippen LogP contribution in [-0.2, 0) is 25.7 Å². The maximum atomic E-state index is 12.6. The standard InChI is InChI=1S/C24H16O4/c25-17-9-10-18(26)22-14-2-1-13(21(17)22)5-6-15-3-4-16(8-7-14)24-20(28)12-11-19(27)23(15)24/h1-4,9-12H,5-8H2. The molecule has 0 unspecified atom stereocenters. The summed E-state index contributed by atoms with van der Waals surface area (Å²) in [4.78, 5) is 50.2. The lowest BCUT2D eigenvalue weighted by atomic mass is 9.79. The summed E-state index contributed by atoms with van der Waals surface area (Å²) in [6.07, 6.45) is 7.44. The summed E-state index contributed by atoms with van der Waals surface area (Å²) in [5.41, 5.74) is 5.23. The first-order chi connectivity index (χ1) is 13.5. The quantitative estimate of drug-likeness (QED) is 0.714. The molecule has 0 amide bonds. The highest BCUT2D eigenvalue weighted by Crippen LogP contribution is 2.31. The number of hydrogen-bond acceptors (Lipinski definition) is 4. The molecule has 0 spiro atoms.